The fourth-order valence-electron chi connectivity index (χ4n) is 1.66. The summed E-state index contributed by atoms with van der Waals surface area (Å²) in [6, 6.07) is 0. The van der Waals surface area contributed by atoms with Crippen LogP contribution in [0.3, 0.4) is 0 Å². The molecule has 0 aromatic rings. The number of piperidine rings is 1. The highest BCUT2D eigenvalue weighted by atomic mass is 16.3. The average molecular weight is 185 g/mol. The summed E-state index contributed by atoms with van der Waals surface area (Å²) in [5.74, 6) is -0.141. The van der Waals surface area contributed by atoms with Crippen LogP contribution in [0.2, 0.25) is 0 Å². The highest BCUT2D eigenvalue weighted by molar-refractivity contribution is 5.84. The number of Topliss-reactive ketones (excluding diaryl/α,β-unsaturated/α-hetero) is 1. The van der Waals surface area contributed by atoms with E-state index in [0.29, 0.717) is 6.54 Å². The third-order valence-electron chi connectivity index (χ3n) is 2.74. The van der Waals surface area contributed by atoms with Crippen LogP contribution in [0.5, 0.6) is 0 Å². The molecule has 0 spiro atoms. The van der Waals surface area contributed by atoms with E-state index in [4.69, 9.17) is 0 Å². The van der Waals surface area contributed by atoms with E-state index in [1.54, 1.807) is 6.92 Å². The molecule has 0 amide bonds. The van der Waals surface area contributed by atoms with Gasteiger partial charge in [0.1, 0.15) is 5.60 Å². The van der Waals surface area contributed by atoms with E-state index < -0.39 is 5.60 Å². The van der Waals surface area contributed by atoms with Crippen LogP contribution in [0.15, 0.2) is 0 Å². The number of hydrogen-bond acceptors (Lipinski definition) is 3. The molecule has 0 aliphatic carbocycles. The van der Waals surface area contributed by atoms with Crippen LogP contribution in [0.4, 0.5) is 0 Å². The lowest BCUT2D eigenvalue weighted by molar-refractivity contribution is -0.135. The van der Waals surface area contributed by atoms with E-state index in [9.17, 15) is 9.90 Å². The summed E-state index contributed by atoms with van der Waals surface area (Å²) >= 11 is 0. The van der Waals surface area contributed by atoms with Crippen LogP contribution in [0.25, 0.3) is 0 Å². The standard InChI is InChI=1S/C10H19NO2/c1-9(12)10(2,13)8-11-6-4-3-5-7-11/h13H,3-8H2,1-2H3. The van der Waals surface area contributed by atoms with Gasteiger partial charge in [-0.25, -0.2) is 0 Å². The number of β-amino-alcohol motifs (C(OH)–C–C–N with tert-alkyl or cyclic N) is 1. The molecule has 13 heavy (non-hydrogen) atoms. The summed E-state index contributed by atoms with van der Waals surface area (Å²) in [7, 11) is 0. The van der Waals surface area contributed by atoms with Crippen molar-refractivity contribution in [1.29, 1.82) is 0 Å². The molecule has 1 aliphatic heterocycles. The smallest absolute Gasteiger partial charge is 0.162 e. The molecule has 1 aliphatic rings. The maximum atomic E-state index is 11.1. The molecular formula is C10H19NO2. The Balaban J connectivity index is 2.41. The predicted molar refractivity (Wildman–Crippen MR) is 51.6 cm³/mol. The first kappa shape index (κ1) is 10.7. The van der Waals surface area contributed by atoms with E-state index in [0.717, 1.165) is 13.1 Å². The molecule has 1 atom stereocenters. The molecule has 3 nitrogen and oxygen atoms in total. The Hall–Kier alpha value is -0.410. The fraction of sp³-hybridized carbons (Fsp3) is 0.900. The van der Waals surface area contributed by atoms with Gasteiger partial charge < -0.3 is 10.0 Å². The van der Waals surface area contributed by atoms with Crippen molar-refractivity contribution in [2.45, 2.75) is 38.7 Å². The quantitative estimate of drug-likeness (QED) is 0.707. The van der Waals surface area contributed by atoms with Gasteiger partial charge in [0.05, 0.1) is 0 Å². The monoisotopic (exact) mass is 185 g/mol. The molecule has 0 bridgehead atoms. The predicted octanol–water partition coefficient (Wildman–Crippen LogP) is 0.812. The van der Waals surface area contributed by atoms with Crippen LogP contribution in [0, 0.1) is 0 Å². The zero-order valence-corrected chi connectivity index (χ0v) is 8.55. The van der Waals surface area contributed by atoms with Gasteiger partial charge in [0, 0.05) is 6.54 Å². The molecule has 1 N–H and O–H groups in total. The lowest BCUT2D eigenvalue weighted by atomic mass is 10.00. The van der Waals surface area contributed by atoms with Crippen LogP contribution >= 0.6 is 0 Å². The maximum Gasteiger partial charge on any atom is 0.162 e. The van der Waals surface area contributed by atoms with E-state index in [1.807, 2.05) is 0 Å². The van der Waals surface area contributed by atoms with Crippen molar-refractivity contribution < 1.29 is 9.90 Å². The number of rotatable bonds is 3. The Bertz CT molecular complexity index is 183. The zero-order valence-electron chi connectivity index (χ0n) is 8.55. The molecule has 1 unspecified atom stereocenters. The third-order valence-corrected chi connectivity index (χ3v) is 2.74. The van der Waals surface area contributed by atoms with E-state index >= 15 is 0 Å². The molecule has 3 heteroatoms. The normalized spacial score (nSPS) is 23.9. The average Bonchev–Trinajstić information content (AvgIpc) is 2.05. The largest absolute Gasteiger partial charge is 0.381 e. The molecule has 1 rings (SSSR count). The summed E-state index contributed by atoms with van der Waals surface area (Å²) < 4.78 is 0. The van der Waals surface area contributed by atoms with Gasteiger partial charge in [0.25, 0.3) is 0 Å². The van der Waals surface area contributed by atoms with Crippen LogP contribution in [-0.2, 0) is 4.79 Å². The van der Waals surface area contributed by atoms with Crippen LogP contribution < -0.4 is 0 Å². The van der Waals surface area contributed by atoms with Crippen molar-refractivity contribution in [1.82, 2.24) is 4.90 Å². The second kappa shape index (κ2) is 4.20. The van der Waals surface area contributed by atoms with Crippen molar-refractivity contribution in [2.75, 3.05) is 19.6 Å². The lowest BCUT2D eigenvalue weighted by Crippen LogP contribution is -2.47. The molecule has 0 aromatic carbocycles. The van der Waals surface area contributed by atoms with Crippen molar-refractivity contribution >= 4 is 5.78 Å². The fourth-order valence-corrected chi connectivity index (χ4v) is 1.66. The van der Waals surface area contributed by atoms with Gasteiger partial charge in [-0.05, 0) is 39.8 Å². The highest BCUT2D eigenvalue weighted by Crippen LogP contribution is 2.13. The lowest BCUT2D eigenvalue weighted by Gasteiger charge is -2.32. The van der Waals surface area contributed by atoms with Crippen LogP contribution in [-0.4, -0.2) is 41.0 Å². The Morgan fingerprint density at radius 1 is 1.38 bits per heavy atom. The maximum absolute atomic E-state index is 11.1. The molecule has 0 saturated carbocycles. The minimum Gasteiger partial charge on any atom is -0.381 e. The van der Waals surface area contributed by atoms with E-state index in [2.05, 4.69) is 4.90 Å². The SMILES string of the molecule is CC(=O)C(C)(O)CN1CCCCC1. The van der Waals surface area contributed by atoms with Crippen molar-refractivity contribution in [3.8, 4) is 0 Å². The number of carbonyl (C=O) groups excluding carboxylic acids is 1. The minimum absolute atomic E-state index is 0.141. The first-order valence-corrected chi connectivity index (χ1v) is 4.98. The van der Waals surface area contributed by atoms with Gasteiger partial charge in [-0.15, -0.1) is 0 Å². The summed E-state index contributed by atoms with van der Waals surface area (Å²) in [5, 5.41) is 9.75. The van der Waals surface area contributed by atoms with Gasteiger partial charge in [-0.1, -0.05) is 6.42 Å². The molecular weight excluding hydrogens is 166 g/mol. The van der Waals surface area contributed by atoms with Gasteiger partial charge in [-0.3, -0.25) is 4.79 Å². The number of hydrogen-bond donors (Lipinski definition) is 1. The second-order valence-corrected chi connectivity index (χ2v) is 4.17. The topological polar surface area (TPSA) is 40.5 Å². The van der Waals surface area contributed by atoms with Gasteiger partial charge >= 0.3 is 0 Å². The first-order valence-electron chi connectivity index (χ1n) is 4.98. The second-order valence-electron chi connectivity index (χ2n) is 4.17. The summed E-state index contributed by atoms with van der Waals surface area (Å²) in [6.45, 7) is 5.57. The van der Waals surface area contributed by atoms with E-state index in [1.165, 1.54) is 26.2 Å². The molecule has 1 saturated heterocycles. The highest BCUT2D eigenvalue weighted by Gasteiger charge is 2.29. The Labute approximate surface area is 79.7 Å². The van der Waals surface area contributed by atoms with Crippen LogP contribution in [0.1, 0.15) is 33.1 Å². The van der Waals surface area contributed by atoms with Crippen molar-refractivity contribution in [3.05, 3.63) is 0 Å². The number of nitrogens with zero attached hydrogens (tertiary/aromatic N) is 1. The summed E-state index contributed by atoms with van der Waals surface area (Å²) in [6.07, 6.45) is 3.65. The minimum atomic E-state index is -1.16. The molecule has 0 aromatic heterocycles. The third kappa shape index (κ3) is 3.08. The van der Waals surface area contributed by atoms with Gasteiger partial charge in [0.15, 0.2) is 5.78 Å². The number of carbonyl (C=O) groups is 1. The number of ketones is 1. The molecule has 76 valence electrons. The van der Waals surface area contributed by atoms with E-state index in [-0.39, 0.29) is 5.78 Å². The number of likely N-dealkylation sites (tertiary alicyclic amines) is 1. The van der Waals surface area contributed by atoms with Crippen molar-refractivity contribution in [2.24, 2.45) is 0 Å². The zero-order chi connectivity index (χ0) is 9.90. The molecule has 0 radical (unpaired) electrons. The Kier molecular flexibility index (Phi) is 3.45. The van der Waals surface area contributed by atoms with Gasteiger partial charge in [-0.2, -0.15) is 0 Å². The first-order chi connectivity index (χ1) is 6.02. The Morgan fingerprint density at radius 3 is 2.38 bits per heavy atom. The molecule has 1 heterocycles. The van der Waals surface area contributed by atoms with Gasteiger partial charge in [0.2, 0.25) is 0 Å². The summed E-state index contributed by atoms with van der Waals surface area (Å²) in [5.41, 5.74) is -1.16. The summed E-state index contributed by atoms with van der Waals surface area (Å²) in [4.78, 5) is 13.2. The molecule has 1 fully saturated rings. The number of aliphatic hydroxyl groups is 1. The Morgan fingerprint density at radius 2 is 1.92 bits per heavy atom. The van der Waals surface area contributed by atoms with Crippen molar-refractivity contribution in [3.63, 3.8) is 0 Å².